The van der Waals surface area contributed by atoms with Crippen LogP contribution in [0.15, 0.2) is 42.0 Å². The summed E-state index contributed by atoms with van der Waals surface area (Å²) in [6.07, 6.45) is 0.591. The second kappa shape index (κ2) is 8.43. The Labute approximate surface area is 177 Å². The number of amides is 1. The fourth-order valence-electron chi connectivity index (χ4n) is 3.39. The van der Waals surface area contributed by atoms with E-state index in [1.807, 2.05) is 6.92 Å². The fraction of sp³-hybridized carbons (Fsp3) is 0.238. The molecule has 1 fully saturated rings. The van der Waals surface area contributed by atoms with Crippen LogP contribution >= 0.6 is 23.2 Å². The minimum absolute atomic E-state index is 0.0212. The minimum Gasteiger partial charge on any atom is -0.507 e. The summed E-state index contributed by atoms with van der Waals surface area (Å²) < 4.78 is 19.0. The maximum absolute atomic E-state index is 13.8. The molecule has 152 valence electrons. The molecule has 2 aromatic carbocycles. The van der Waals surface area contributed by atoms with E-state index < -0.39 is 29.3 Å². The van der Waals surface area contributed by atoms with Crippen molar-refractivity contribution in [3.63, 3.8) is 0 Å². The van der Waals surface area contributed by atoms with Crippen LogP contribution in [0.1, 0.15) is 30.5 Å². The van der Waals surface area contributed by atoms with Crippen LogP contribution in [0.25, 0.3) is 5.76 Å². The number of carbonyl (C=O) groups is 2. The van der Waals surface area contributed by atoms with Crippen molar-refractivity contribution >= 4 is 40.7 Å². The van der Waals surface area contributed by atoms with Crippen LogP contribution in [0.2, 0.25) is 10.0 Å². The van der Waals surface area contributed by atoms with Gasteiger partial charge in [-0.1, -0.05) is 36.2 Å². The van der Waals surface area contributed by atoms with Gasteiger partial charge in [-0.15, -0.1) is 0 Å². The molecule has 0 radical (unpaired) electrons. The number of nitrogens with zero attached hydrogens (tertiary/aromatic N) is 1. The number of benzene rings is 2. The summed E-state index contributed by atoms with van der Waals surface area (Å²) in [6.45, 7) is 2.15. The van der Waals surface area contributed by atoms with Crippen molar-refractivity contribution in [1.29, 1.82) is 0 Å². The van der Waals surface area contributed by atoms with Crippen molar-refractivity contribution in [1.82, 2.24) is 4.90 Å². The van der Waals surface area contributed by atoms with Gasteiger partial charge in [0.25, 0.3) is 11.7 Å². The van der Waals surface area contributed by atoms with E-state index in [4.69, 9.17) is 27.9 Å². The zero-order valence-electron chi connectivity index (χ0n) is 15.7. The highest BCUT2D eigenvalue weighted by Gasteiger charge is 2.46. The van der Waals surface area contributed by atoms with E-state index in [1.165, 1.54) is 24.1 Å². The average molecular weight is 438 g/mol. The molecule has 1 N–H and O–H groups in total. The predicted octanol–water partition coefficient (Wildman–Crippen LogP) is 4.97. The molecule has 0 aromatic heterocycles. The lowest BCUT2D eigenvalue weighted by atomic mass is 9.95. The highest BCUT2D eigenvalue weighted by atomic mass is 35.5. The zero-order valence-corrected chi connectivity index (χ0v) is 17.2. The Kier molecular flexibility index (Phi) is 6.15. The van der Waals surface area contributed by atoms with E-state index in [2.05, 4.69) is 0 Å². The Hall–Kier alpha value is -2.57. The number of aliphatic hydroxyl groups is 1. The first-order valence-electron chi connectivity index (χ1n) is 8.87. The minimum atomic E-state index is -0.891. The number of ketones is 1. The SMILES string of the molecule is CCCN1C(=O)C(=O)/C(=C(/O)c2cc(F)ccc2OC)C1c1ccc(Cl)c(Cl)c1. The number of aliphatic hydroxyl groups excluding tert-OH is 1. The molecule has 5 nitrogen and oxygen atoms in total. The molecule has 0 saturated carbocycles. The molecule has 0 aliphatic carbocycles. The van der Waals surface area contributed by atoms with Crippen molar-refractivity contribution in [2.45, 2.75) is 19.4 Å². The first-order valence-corrected chi connectivity index (χ1v) is 9.63. The van der Waals surface area contributed by atoms with Gasteiger partial charge < -0.3 is 14.7 Å². The Morgan fingerprint density at radius 1 is 1.17 bits per heavy atom. The molecular weight excluding hydrogens is 420 g/mol. The van der Waals surface area contributed by atoms with Gasteiger partial charge in [0.15, 0.2) is 0 Å². The van der Waals surface area contributed by atoms with Crippen molar-refractivity contribution in [3.8, 4) is 5.75 Å². The van der Waals surface area contributed by atoms with E-state index in [0.29, 0.717) is 17.0 Å². The number of halogens is 3. The Morgan fingerprint density at radius 2 is 1.90 bits per heavy atom. The van der Waals surface area contributed by atoms with E-state index in [0.717, 1.165) is 6.07 Å². The molecule has 3 rings (SSSR count). The molecule has 1 aliphatic heterocycles. The van der Waals surface area contributed by atoms with Crippen molar-refractivity contribution < 1.29 is 23.8 Å². The zero-order chi connectivity index (χ0) is 21.3. The lowest BCUT2D eigenvalue weighted by Gasteiger charge is -2.25. The summed E-state index contributed by atoms with van der Waals surface area (Å²) >= 11 is 12.1. The standard InChI is InChI=1S/C21H18Cl2FNO4/c1-3-8-25-18(11-4-6-14(22)15(23)9-11)17(20(27)21(25)28)19(26)13-10-12(24)5-7-16(13)29-2/h4-7,9-10,18,26H,3,8H2,1-2H3/b19-17+. The highest BCUT2D eigenvalue weighted by Crippen LogP contribution is 2.42. The number of ether oxygens (including phenoxy) is 1. The topological polar surface area (TPSA) is 66.8 Å². The molecule has 1 aliphatic rings. The maximum atomic E-state index is 13.8. The van der Waals surface area contributed by atoms with Crippen LogP contribution < -0.4 is 4.74 Å². The van der Waals surface area contributed by atoms with E-state index in [1.54, 1.807) is 18.2 Å². The lowest BCUT2D eigenvalue weighted by Crippen LogP contribution is -2.30. The number of Topliss-reactive ketones (excluding diaryl/α,β-unsaturated/α-hetero) is 1. The predicted molar refractivity (Wildman–Crippen MR) is 109 cm³/mol. The molecule has 0 bridgehead atoms. The third-order valence-corrected chi connectivity index (χ3v) is 5.42. The molecule has 2 aromatic rings. The van der Waals surface area contributed by atoms with Crippen LogP contribution in [-0.4, -0.2) is 35.4 Å². The number of rotatable bonds is 5. The largest absolute Gasteiger partial charge is 0.507 e. The van der Waals surface area contributed by atoms with E-state index >= 15 is 0 Å². The summed E-state index contributed by atoms with van der Waals surface area (Å²) in [5.41, 5.74) is 0.321. The number of carbonyl (C=O) groups excluding carboxylic acids is 2. The van der Waals surface area contributed by atoms with Gasteiger partial charge in [0.1, 0.15) is 17.3 Å². The summed E-state index contributed by atoms with van der Waals surface area (Å²) in [7, 11) is 1.36. The number of hydrogen-bond donors (Lipinski definition) is 1. The van der Waals surface area contributed by atoms with Crippen LogP contribution in [0.3, 0.4) is 0 Å². The second-order valence-electron chi connectivity index (χ2n) is 6.51. The molecule has 1 heterocycles. The lowest BCUT2D eigenvalue weighted by molar-refractivity contribution is -0.139. The summed E-state index contributed by atoms with van der Waals surface area (Å²) in [5, 5.41) is 11.5. The van der Waals surface area contributed by atoms with Crippen LogP contribution in [0.5, 0.6) is 5.75 Å². The molecular formula is C21H18Cl2FNO4. The molecule has 1 amide bonds. The number of hydrogen-bond acceptors (Lipinski definition) is 4. The summed E-state index contributed by atoms with van der Waals surface area (Å²) in [5.74, 6) is -2.59. The fourth-order valence-corrected chi connectivity index (χ4v) is 3.70. The van der Waals surface area contributed by atoms with Gasteiger partial charge >= 0.3 is 0 Å². The Morgan fingerprint density at radius 3 is 2.52 bits per heavy atom. The average Bonchev–Trinajstić information content (AvgIpc) is 2.95. The number of methoxy groups -OCH3 is 1. The second-order valence-corrected chi connectivity index (χ2v) is 7.33. The van der Waals surface area contributed by atoms with Gasteiger partial charge in [-0.2, -0.15) is 0 Å². The normalized spacial score (nSPS) is 18.4. The maximum Gasteiger partial charge on any atom is 0.295 e. The third kappa shape index (κ3) is 3.82. The molecule has 0 spiro atoms. The summed E-state index contributed by atoms with van der Waals surface area (Å²) in [6, 6.07) is 7.38. The molecule has 1 saturated heterocycles. The molecule has 1 atom stereocenters. The van der Waals surface area contributed by atoms with Crippen LogP contribution in [0.4, 0.5) is 4.39 Å². The van der Waals surface area contributed by atoms with Gasteiger partial charge in [-0.05, 0) is 42.3 Å². The monoisotopic (exact) mass is 437 g/mol. The molecule has 8 heteroatoms. The van der Waals surface area contributed by atoms with Gasteiger partial charge in [0.05, 0.1) is 34.3 Å². The van der Waals surface area contributed by atoms with Gasteiger partial charge in [0.2, 0.25) is 0 Å². The first-order chi connectivity index (χ1) is 13.8. The molecule has 29 heavy (non-hydrogen) atoms. The van der Waals surface area contributed by atoms with Gasteiger partial charge in [-0.3, -0.25) is 9.59 Å². The Bertz CT molecular complexity index is 1020. The van der Waals surface area contributed by atoms with Gasteiger partial charge in [-0.25, -0.2) is 4.39 Å². The van der Waals surface area contributed by atoms with Crippen molar-refractivity contribution in [3.05, 3.63) is 69.0 Å². The Balaban J connectivity index is 2.27. The van der Waals surface area contributed by atoms with E-state index in [9.17, 15) is 19.1 Å². The van der Waals surface area contributed by atoms with Crippen molar-refractivity contribution in [2.75, 3.05) is 13.7 Å². The quantitative estimate of drug-likeness (QED) is 0.407. The van der Waals surface area contributed by atoms with Crippen molar-refractivity contribution in [2.24, 2.45) is 0 Å². The van der Waals surface area contributed by atoms with E-state index in [-0.39, 0.29) is 28.5 Å². The smallest absolute Gasteiger partial charge is 0.295 e. The highest BCUT2D eigenvalue weighted by molar-refractivity contribution is 6.47. The van der Waals surface area contributed by atoms with Crippen LogP contribution in [0, 0.1) is 5.82 Å². The summed E-state index contributed by atoms with van der Waals surface area (Å²) in [4.78, 5) is 26.8. The number of likely N-dealkylation sites (tertiary alicyclic amines) is 1. The first kappa shape index (κ1) is 21.1. The van der Waals surface area contributed by atoms with Crippen LogP contribution in [-0.2, 0) is 9.59 Å². The third-order valence-electron chi connectivity index (χ3n) is 4.68. The van der Waals surface area contributed by atoms with Gasteiger partial charge in [0, 0.05) is 6.54 Å². The molecule has 1 unspecified atom stereocenters.